The number of amides is 3. The van der Waals surface area contributed by atoms with Crippen LogP contribution in [0.25, 0.3) is 0 Å². The van der Waals surface area contributed by atoms with Crippen molar-refractivity contribution in [3.05, 3.63) is 35.9 Å². The molecule has 0 saturated carbocycles. The quantitative estimate of drug-likeness (QED) is 0.892. The summed E-state index contributed by atoms with van der Waals surface area (Å²) >= 11 is 0. The van der Waals surface area contributed by atoms with Gasteiger partial charge in [-0.1, -0.05) is 30.3 Å². The molecule has 2 saturated heterocycles. The molecule has 136 valence electrons. The van der Waals surface area contributed by atoms with Crippen molar-refractivity contribution in [2.24, 2.45) is 0 Å². The molecule has 0 spiro atoms. The van der Waals surface area contributed by atoms with Crippen molar-refractivity contribution in [1.29, 1.82) is 0 Å². The minimum absolute atomic E-state index is 0.0683. The lowest BCUT2D eigenvalue weighted by Gasteiger charge is -2.41. The number of nitrogens with zero attached hydrogens (tertiary/aromatic N) is 3. The van der Waals surface area contributed by atoms with E-state index in [2.05, 4.69) is 22.3 Å². The zero-order valence-corrected chi connectivity index (χ0v) is 15.3. The molecule has 3 rings (SSSR count). The molecule has 0 aromatic heterocycles. The van der Waals surface area contributed by atoms with Crippen LogP contribution in [0.5, 0.6) is 0 Å². The van der Waals surface area contributed by atoms with Crippen LogP contribution in [0.3, 0.4) is 0 Å². The van der Waals surface area contributed by atoms with Crippen LogP contribution in [0.1, 0.15) is 18.9 Å². The number of likely N-dealkylation sites (N-methyl/N-ethyl adjacent to an activating group) is 1. The number of nitrogens with one attached hydrogen (secondary N) is 1. The van der Waals surface area contributed by atoms with E-state index < -0.39 is 6.04 Å². The second-order valence-corrected chi connectivity index (χ2v) is 7.29. The van der Waals surface area contributed by atoms with Crippen molar-refractivity contribution in [2.45, 2.75) is 37.9 Å². The van der Waals surface area contributed by atoms with E-state index in [9.17, 15) is 9.59 Å². The molecule has 0 bridgehead atoms. The largest absolute Gasteiger partial charge is 0.338 e. The van der Waals surface area contributed by atoms with Crippen LogP contribution in [0.4, 0.5) is 4.79 Å². The van der Waals surface area contributed by atoms with E-state index in [1.165, 1.54) is 5.56 Å². The Kier molecular flexibility index (Phi) is 5.27. The summed E-state index contributed by atoms with van der Waals surface area (Å²) in [5.41, 5.74) is 1.20. The smallest absolute Gasteiger partial charge is 0.318 e. The topological polar surface area (TPSA) is 55.9 Å². The molecule has 2 heterocycles. The average Bonchev–Trinajstić information content (AvgIpc) is 3.03. The minimum atomic E-state index is -0.395. The van der Waals surface area contributed by atoms with Gasteiger partial charge in [-0.3, -0.25) is 4.79 Å². The molecule has 3 amide bonds. The normalized spacial score (nSPS) is 26.1. The number of rotatable bonds is 4. The fraction of sp³-hybridized carbons (Fsp3) is 0.579. The molecule has 3 atom stereocenters. The van der Waals surface area contributed by atoms with Crippen LogP contribution in [-0.4, -0.2) is 78.5 Å². The predicted molar refractivity (Wildman–Crippen MR) is 97.3 cm³/mol. The van der Waals surface area contributed by atoms with Crippen LogP contribution >= 0.6 is 0 Å². The first kappa shape index (κ1) is 17.7. The van der Waals surface area contributed by atoms with E-state index in [-0.39, 0.29) is 18.0 Å². The molecule has 2 fully saturated rings. The van der Waals surface area contributed by atoms with E-state index in [0.29, 0.717) is 19.1 Å². The van der Waals surface area contributed by atoms with Gasteiger partial charge in [-0.05, 0) is 39.4 Å². The van der Waals surface area contributed by atoms with E-state index in [0.717, 1.165) is 19.4 Å². The third kappa shape index (κ3) is 3.79. The highest BCUT2D eigenvalue weighted by Crippen LogP contribution is 2.27. The number of hydrogen-bond acceptors (Lipinski definition) is 3. The van der Waals surface area contributed by atoms with Crippen molar-refractivity contribution < 1.29 is 9.59 Å². The van der Waals surface area contributed by atoms with Gasteiger partial charge in [0.25, 0.3) is 0 Å². The lowest BCUT2D eigenvalue weighted by molar-refractivity contribution is -0.141. The molecule has 2 aliphatic rings. The first-order chi connectivity index (χ1) is 12.0. The molecule has 1 aromatic rings. The number of carbonyl (C=O) groups is 2. The van der Waals surface area contributed by atoms with Crippen LogP contribution in [0.15, 0.2) is 30.3 Å². The Bertz CT molecular complexity index is 619. The second kappa shape index (κ2) is 7.44. The number of fused-ring (bicyclic) bond motifs is 1. The Labute approximate surface area is 149 Å². The highest BCUT2D eigenvalue weighted by molar-refractivity contribution is 5.88. The Morgan fingerprint density at radius 2 is 1.96 bits per heavy atom. The maximum Gasteiger partial charge on any atom is 0.318 e. The van der Waals surface area contributed by atoms with Gasteiger partial charge in [-0.2, -0.15) is 0 Å². The van der Waals surface area contributed by atoms with Crippen LogP contribution < -0.4 is 5.32 Å². The van der Waals surface area contributed by atoms with Crippen LogP contribution in [-0.2, 0) is 11.2 Å². The lowest BCUT2D eigenvalue weighted by Crippen LogP contribution is -2.62. The average molecular weight is 344 g/mol. The number of piperazine rings is 1. The van der Waals surface area contributed by atoms with Gasteiger partial charge in [0.15, 0.2) is 0 Å². The van der Waals surface area contributed by atoms with Gasteiger partial charge >= 0.3 is 6.03 Å². The van der Waals surface area contributed by atoms with Crippen molar-refractivity contribution >= 4 is 11.9 Å². The summed E-state index contributed by atoms with van der Waals surface area (Å²) in [5.74, 6) is 0.0683. The SMILES string of the molecule is C[C@H]1C(=O)N2C[C@@H](N(C)C)C[C@H]2CN1C(=O)NCCc1ccccc1. The van der Waals surface area contributed by atoms with Gasteiger partial charge in [0.1, 0.15) is 6.04 Å². The summed E-state index contributed by atoms with van der Waals surface area (Å²) in [6.45, 7) is 3.80. The van der Waals surface area contributed by atoms with Crippen molar-refractivity contribution in [1.82, 2.24) is 20.0 Å². The maximum atomic E-state index is 12.7. The molecule has 6 heteroatoms. The van der Waals surface area contributed by atoms with E-state index in [4.69, 9.17) is 0 Å². The van der Waals surface area contributed by atoms with Gasteiger partial charge < -0.3 is 20.0 Å². The van der Waals surface area contributed by atoms with E-state index in [1.54, 1.807) is 4.90 Å². The number of urea groups is 1. The molecule has 6 nitrogen and oxygen atoms in total. The molecule has 0 aliphatic carbocycles. The Hall–Kier alpha value is -2.08. The first-order valence-electron chi connectivity index (χ1n) is 9.02. The number of benzene rings is 1. The fourth-order valence-corrected chi connectivity index (χ4v) is 3.79. The molecular formula is C19H28N4O2. The second-order valence-electron chi connectivity index (χ2n) is 7.29. The molecule has 1 aromatic carbocycles. The molecule has 25 heavy (non-hydrogen) atoms. The van der Waals surface area contributed by atoms with Crippen LogP contribution in [0.2, 0.25) is 0 Å². The maximum absolute atomic E-state index is 12.7. The highest BCUT2D eigenvalue weighted by atomic mass is 16.2. The Morgan fingerprint density at radius 1 is 1.24 bits per heavy atom. The van der Waals surface area contributed by atoms with Crippen molar-refractivity contribution in [3.8, 4) is 0 Å². The van der Waals surface area contributed by atoms with Crippen molar-refractivity contribution in [3.63, 3.8) is 0 Å². The zero-order valence-electron chi connectivity index (χ0n) is 15.3. The summed E-state index contributed by atoms with van der Waals surface area (Å²) in [6, 6.07) is 10.1. The van der Waals surface area contributed by atoms with Gasteiger partial charge in [-0.25, -0.2) is 4.79 Å². The van der Waals surface area contributed by atoms with Gasteiger partial charge in [0.05, 0.1) is 6.04 Å². The van der Waals surface area contributed by atoms with E-state index >= 15 is 0 Å². The molecule has 0 unspecified atom stereocenters. The molecular weight excluding hydrogens is 316 g/mol. The monoisotopic (exact) mass is 344 g/mol. The molecule has 2 aliphatic heterocycles. The Morgan fingerprint density at radius 3 is 2.64 bits per heavy atom. The van der Waals surface area contributed by atoms with Gasteiger partial charge in [-0.15, -0.1) is 0 Å². The van der Waals surface area contributed by atoms with Crippen LogP contribution in [0, 0.1) is 0 Å². The predicted octanol–water partition coefficient (Wildman–Crippen LogP) is 1.17. The summed E-state index contributed by atoms with van der Waals surface area (Å²) < 4.78 is 0. The summed E-state index contributed by atoms with van der Waals surface area (Å²) in [6.07, 6.45) is 1.72. The molecule has 1 N–H and O–H groups in total. The highest BCUT2D eigenvalue weighted by Gasteiger charge is 2.45. The lowest BCUT2D eigenvalue weighted by atomic mass is 10.1. The standard InChI is InChI=1S/C19H28N4O2/c1-14-18(24)23-12-16(21(2)3)11-17(23)13-22(14)19(25)20-10-9-15-7-5-4-6-8-15/h4-8,14,16-17H,9-13H2,1-3H3,(H,20,25)/t14-,16-,17-/m0/s1. The fourth-order valence-electron chi connectivity index (χ4n) is 3.79. The molecule has 0 radical (unpaired) electrons. The number of hydrogen-bond donors (Lipinski definition) is 1. The van der Waals surface area contributed by atoms with Gasteiger partial charge in [0, 0.05) is 25.7 Å². The Balaban J connectivity index is 1.56. The van der Waals surface area contributed by atoms with Crippen molar-refractivity contribution in [2.75, 3.05) is 33.7 Å². The number of carbonyl (C=O) groups excluding carboxylic acids is 2. The summed E-state index contributed by atoms with van der Waals surface area (Å²) in [7, 11) is 4.09. The van der Waals surface area contributed by atoms with E-state index in [1.807, 2.05) is 44.1 Å². The first-order valence-corrected chi connectivity index (χ1v) is 9.02. The van der Waals surface area contributed by atoms with Gasteiger partial charge in [0.2, 0.25) is 5.91 Å². The zero-order chi connectivity index (χ0) is 18.0. The minimum Gasteiger partial charge on any atom is -0.338 e. The summed E-state index contributed by atoms with van der Waals surface area (Å²) in [4.78, 5) is 31.1. The third-order valence-corrected chi connectivity index (χ3v) is 5.43. The summed E-state index contributed by atoms with van der Waals surface area (Å²) in [5, 5.41) is 2.97. The third-order valence-electron chi connectivity index (χ3n) is 5.43.